The van der Waals surface area contributed by atoms with Gasteiger partial charge in [-0.2, -0.15) is 0 Å². The molecule has 70 valence electrons. The zero-order valence-electron chi connectivity index (χ0n) is 8.34. The van der Waals surface area contributed by atoms with Gasteiger partial charge in [0.05, 0.1) is 7.11 Å². The van der Waals surface area contributed by atoms with Crippen LogP contribution in [-0.2, 0) is 12.8 Å². The summed E-state index contributed by atoms with van der Waals surface area (Å²) in [5.74, 6) is 1.84. The first kappa shape index (κ1) is 8.61. The third-order valence-corrected chi connectivity index (χ3v) is 2.89. The van der Waals surface area contributed by atoms with E-state index in [2.05, 4.69) is 25.1 Å². The zero-order chi connectivity index (χ0) is 9.26. The Kier molecular flexibility index (Phi) is 2.26. The molecule has 1 atom stereocenters. The molecule has 1 aliphatic rings. The highest BCUT2D eigenvalue weighted by atomic mass is 16.5. The number of rotatable bonds is 1. The van der Waals surface area contributed by atoms with Gasteiger partial charge in [0, 0.05) is 0 Å². The Morgan fingerprint density at radius 3 is 2.92 bits per heavy atom. The molecule has 1 aliphatic carbocycles. The lowest BCUT2D eigenvalue weighted by Crippen LogP contribution is -2.10. The summed E-state index contributed by atoms with van der Waals surface area (Å²) in [6, 6.07) is 6.46. The second-order valence-corrected chi connectivity index (χ2v) is 3.98. The molecule has 1 nitrogen and oxygen atoms in total. The van der Waals surface area contributed by atoms with Gasteiger partial charge in [0.1, 0.15) is 5.75 Å². The van der Waals surface area contributed by atoms with E-state index in [-0.39, 0.29) is 0 Å². The number of aryl methyl sites for hydroxylation is 1. The Balaban J connectivity index is 2.31. The molecule has 0 spiro atoms. The fourth-order valence-electron chi connectivity index (χ4n) is 2.04. The van der Waals surface area contributed by atoms with Crippen LogP contribution in [-0.4, -0.2) is 7.11 Å². The van der Waals surface area contributed by atoms with Gasteiger partial charge in [-0.15, -0.1) is 0 Å². The molecule has 1 aromatic rings. The summed E-state index contributed by atoms with van der Waals surface area (Å²) in [5, 5.41) is 0. The Bertz CT molecular complexity index is 304. The van der Waals surface area contributed by atoms with Gasteiger partial charge in [-0.25, -0.2) is 0 Å². The molecule has 0 aliphatic heterocycles. The first-order valence-electron chi connectivity index (χ1n) is 4.95. The minimum absolute atomic E-state index is 0.848. The van der Waals surface area contributed by atoms with E-state index < -0.39 is 0 Å². The van der Waals surface area contributed by atoms with Crippen molar-refractivity contribution in [2.24, 2.45) is 5.92 Å². The molecule has 0 amide bonds. The van der Waals surface area contributed by atoms with Crippen LogP contribution in [0.25, 0.3) is 0 Å². The van der Waals surface area contributed by atoms with Crippen LogP contribution in [0.2, 0.25) is 0 Å². The van der Waals surface area contributed by atoms with Gasteiger partial charge in [-0.3, -0.25) is 0 Å². The van der Waals surface area contributed by atoms with Crippen molar-refractivity contribution in [1.29, 1.82) is 0 Å². The molecule has 1 heteroatoms. The van der Waals surface area contributed by atoms with Crippen molar-refractivity contribution in [2.75, 3.05) is 7.11 Å². The van der Waals surface area contributed by atoms with Crippen LogP contribution in [0.3, 0.4) is 0 Å². The van der Waals surface area contributed by atoms with E-state index in [1.54, 1.807) is 7.11 Å². The summed E-state index contributed by atoms with van der Waals surface area (Å²) in [6.45, 7) is 2.33. The highest BCUT2D eigenvalue weighted by Gasteiger charge is 2.14. The molecule has 1 aromatic carbocycles. The predicted molar refractivity (Wildman–Crippen MR) is 54.2 cm³/mol. The molecule has 0 fully saturated rings. The van der Waals surface area contributed by atoms with Gasteiger partial charge in [0.15, 0.2) is 0 Å². The largest absolute Gasteiger partial charge is 0.497 e. The molecule has 0 saturated carbocycles. The Morgan fingerprint density at radius 1 is 1.31 bits per heavy atom. The molecule has 2 rings (SSSR count). The normalized spacial score (nSPS) is 20.9. The van der Waals surface area contributed by atoms with E-state index in [0.29, 0.717) is 0 Å². The molecule has 0 radical (unpaired) electrons. The highest BCUT2D eigenvalue weighted by molar-refractivity contribution is 5.37. The van der Waals surface area contributed by atoms with Crippen molar-refractivity contribution >= 4 is 0 Å². The molecular weight excluding hydrogens is 160 g/mol. The molecular formula is C12H16O. The van der Waals surface area contributed by atoms with Crippen molar-refractivity contribution in [2.45, 2.75) is 26.2 Å². The minimum atomic E-state index is 0.848. The molecule has 0 unspecified atom stereocenters. The van der Waals surface area contributed by atoms with Crippen LogP contribution >= 0.6 is 0 Å². The number of hydrogen-bond donors (Lipinski definition) is 0. The maximum Gasteiger partial charge on any atom is 0.119 e. The van der Waals surface area contributed by atoms with Crippen molar-refractivity contribution in [3.63, 3.8) is 0 Å². The SMILES string of the molecule is COc1ccc2c(c1)CC[C@@H](C)C2. The van der Waals surface area contributed by atoms with Gasteiger partial charge < -0.3 is 4.74 Å². The van der Waals surface area contributed by atoms with Gasteiger partial charge >= 0.3 is 0 Å². The Labute approximate surface area is 79.7 Å². The molecule has 0 heterocycles. The summed E-state index contributed by atoms with van der Waals surface area (Å²) in [4.78, 5) is 0. The number of ether oxygens (including phenoxy) is 1. The average Bonchev–Trinajstić information content (AvgIpc) is 2.17. The summed E-state index contributed by atoms with van der Waals surface area (Å²) in [5.41, 5.74) is 3.00. The summed E-state index contributed by atoms with van der Waals surface area (Å²) >= 11 is 0. The van der Waals surface area contributed by atoms with Crippen molar-refractivity contribution < 1.29 is 4.74 Å². The van der Waals surface area contributed by atoms with Gasteiger partial charge in [-0.05, 0) is 48.4 Å². The van der Waals surface area contributed by atoms with Crippen LogP contribution in [0.15, 0.2) is 18.2 Å². The fourth-order valence-corrected chi connectivity index (χ4v) is 2.04. The molecule has 0 saturated heterocycles. The summed E-state index contributed by atoms with van der Waals surface area (Å²) in [7, 11) is 1.73. The van der Waals surface area contributed by atoms with Crippen LogP contribution in [0, 0.1) is 5.92 Å². The van der Waals surface area contributed by atoms with E-state index >= 15 is 0 Å². The van der Waals surface area contributed by atoms with Crippen molar-refractivity contribution in [3.05, 3.63) is 29.3 Å². The lowest BCUT2D eigenvalue weighted by atomic mass is 9.85. The Morgan fingerprint density at radius 2 is 2.15 bits per heavy atom. The quantitative estimate of drug-likeness (QED) is 0.639. The van der Waals surface area contributed by atoms with Crippen LogP contribution in [0.1, 0.15) is 24.5 Å². The topological polar surface area (TPSA) is 9.23 Å². The van der Waals surface area contributed by atoms with E-state index in [1.165, 1.54) is 30.4 Å². The number of fused-ring (bicyclic) bond motifs is 1. The highest BCUT2D eigenvalue weighted by Crippen LogP contribution is 2.27. The maximum absolute atomic E-state index is 5.21. The van der Waals surface area contributed by atoms with E-state index in [9.17, 15) is 0 Å². The van der Waals surface area contributed by atoms with Gasteiger partial charge in [0.25, 0.3) is 0 Å². The smallest absolute Gasteiger partial charge is 0.119 e. The van der Waals surface area contributed by atoms with Crippen LogP contribution in [0.5, 0.6) is 5.75 Å². The average molecular weight is 176 g/mol. The lowest BCUT2D eigenvalue weighted by molar-refractivity contribution is 0.412. The molecule has 0 bridgehead atoms. The van der Waals surface area contributed by atoms with E-state index in [1.807, 2.05) is 0 Å². The summed E-state index contributed by atoms with van der Waals surface area (Å²) in [6.07, 6.45) is 3.77. The van der Waals surface area contributed by atoms with Crippen molar-refractivity contribution in [1.82, 2.24) is 0 Å². The molecule has 0 N–H and O–H groups in total. The van der Waals surface area contributed by atoms with E-state index in [0.717, 1.165) is 11.7 Å². The standard InChI is InChI=1S/C12H16O/c1-9-3-4-11-8-12(13-2)6-5-10(11)7-9/h5-6,8-9H,3-4,7H2,1-2H3/t9-/m1/s1. The summed E-state index contributed by atoms with van der Waals surface area (Å²) < 4.78 is 5.21. The minimum Gasteiger partial charge on any atom is -0.497 e. The Hall–Kier alpha value is -0.980. The van der Waals surface area contributed by atoms with Gasteiger partial charge in [0.2, 0.25) is 0 Å². The van der Waals surface area contributed by atoms with Gasteiger partial charge in [-0.1, -0.05) is 13.0 Å². The predicted octanol–water partition coefficient (Wildman–Crippen LogP) is 2.82. The first-order valence-corrected chi connectivity index (χ1v) is 4.95. The second kappa shape index (κ2) is 3.41. The van der Waals surface area contributed by atoms with Crippen LogP contribution < -0.4 is 4.74 Å². The second-order valence-electron chi connectivity index (χ2n) is 3.98. The number of hydrogen-bond acceptors (Lipinski definition) is 1. The van der Waals surface area contributed by atoms with Crippen molar-refractivity contribution in [3.8, 4) is 5.75 Å². The van der Waals surface area contributed by atoms with Crippen LogP contribution in [0.4, 0.5) is 0 Å². The molecule has 0 aromatic heterocycles. The first-order chi connectivity index (χ1) is 6.29. The number of benzene rings is 1. The third-order valence-electron chi connectivity index (χ3n) is 2.89. The fraction of sp³-hybridized carbons (Fsp3) is 0.500. The lowest BCUT2D eigenvalue weighted by Gasteiger charge is -2.21. The van der Waals surface area contributed by atoms with E-state index in [4.69, 9.17) is 4.74 Å². The third kappa shape index (κ3) is 1.69. The number of methoxy groups -OCH3 is 1. The molecule has 13 heavy (non-hydrogen) atoms. The zero-order valence-corrected chi connectivity index (χ0v) is 8.34. The maximum atomic E-state index is 5.21. The monoisotopic (exact) mass is 176 g/mol.